The van der Waals surface area contributed by atoms with Gasteiger partial charge in [-0.1, -0.05) is 75.4 Å². The highest BCUT2D eigenvalue weighted by molar-refractivity contribution is 5.34. The van der Waals surface area contributed by atoms with Crippen molar-refractivity contribution in [2.24, 2.45) is 0 Å². The molecule has 0 aliphatic carbocycles. The van der Waals surface area contributed by atoms with Gasteiger partial charge in [-0.25, -0.2) is 28.1 Å². The van der Waals surface area contributed by atoms with Gasteiger partial charge in [0.2, 0.25) is 0 Å². The molecule has 29 heavy (non-hydrogen) atoms. The van der Waals surface area contributed by atoms with Crippen LogP contribution in [0, 0.1) is 0 Å². The largest absolute Gasteiger partial charge is 0.345 e. The van der Waals surface area contributed by atoms with E-state index in [2.05, 4.69) is 6.92 Å². The second kappa shape index (κ2) is 9.87. The van der Waals surface area contributed by atoms with Crippen LogP contribution < -0.4 is 17.1 Å². The normalized spacial score (nSPS) is 10.9. The van der Waals surface area contributed by atoms with Crippen LogP contribution >= 0.6 is 0 Å². The number of unbranched alkanes of at least 4 members (excludes halogenated alkanes) is 5. The molecule has 0 N–H and O–H groups in total. The number of aromatic nitrogens is 3. The Balaban J connectivity index is 2.07. The summed E-state index contributed by atoms with van der Waals surface area (Å²) in [7, 11) is 0. The second-order valence-electron chi connectivity index (χ2n) is 7.11. The van der Waals surface area contributed by atoms with Crippen molar-refractivity contribution in [2.45, 2.75) is 52.0 Å². The van der Waals surface area contributed by atoms with Gasteiger partial charge < -0.3 is 0 Å². The monoisotopic (exact) mass is 393 g/mol. The quantitative estimate of drug-likeness (QED) is 0.523. The van der Waals surface area contributed by atoms with Crippen LogP contribution in [0.5, 0.6) is 0 Å². The molecule has 6 heteroatoms. The molecule has 0 saturated carbocycles. The van der Waals surface area contributed by atoms with Gasteiger partial charge >= 0.3 is 17.1 Å². The molecule has 152 valence electrons. The number of para-hydroxylation sites is 2. The Labute approximate surface area is 169 Å². The van der Waals surface area contributed by atoms with E-state index in [0.29, 0.717) is 17.9 Å². The number of nitrogens with zero attached hydrogens (tertiary/aromatic N) is 3. The highest BCUT2D eigenvalue weighted by Crippen LogP contribution is 2.06. The zero-order valence-corrected chi connectivity index (χ0v) is 16.8. The van der Waals surface area contributed by atoms with E-state index < -0.39 is 17.1 Å². The average Bonchev–Trinajstić information content (AvgIpc) is 2.74. The van der Waals surface area contributed by atoms with Gasteiger partial charge in [0.25, 0.3) is 0 Å². The molecule has 0 bridgehead atoms. The van der Waals surface area contributed by atoms with E-state index >= 15 is 0 Å². The summed E-state index contributed by atoms with van der Waals surface area (Å²) < 4.78 is 3.33. The molecular formula is C23H27N3O3. The molecule has 0 saturated heterocycles. The minimum Gasteiger partial charge on any atom is -0.247 e. The number of hydrogen-bond donors (Lipinski definition) is 0. The summed E-state index contributed by atoms with van der Waals surface area (Å²) in [4.78, 5) is 39.3. The Morgan fingerprint density at radius 1 is 0.586 bits per heavy atom. The zero-order valence-electron chi connectivity index (χ0n) is 16.8. The van der Waals surface area contributed by atoms with Gasteiger partial charge in [0, 0.05) is 6.54 Å². The van der Waals surface area contributed by atoms with Crippen molar-refractivity contribution in [3.05, 3.63) is 92.1 Å². The lowest BCUT2D eigenvalue weighted by molar-refractivity contribution is 0.498. The van der Waals surface area contributed by atoms with Gasteiger partial charge in [-0.15, -0.1) is 0 Å². The summed E-state index contributed by atoms with van der Waals surface area (Å²) in [5, 5.41) is 0. The van der Waals surface area contributed by atoms with Crippen LogP contribution in [-0.2, 0) is 6.54 Å². The van der Waals surface area contributed by atoms with Crippen molar-refractivity contribution in [2.75, 3.05) is 0 Å². The molecular weight excluding hydrogens is 366 g/mol. The number of rotatable bonds is 9. The first-order chi connectivity index (χ1) is 14.1. The van der Waals surface area contributed by atoms with Crippen molar-refractivity contribution in [1.82, 2.24) is 13.7 Å². The highest BCUT2D eigenvalue weighted by atomic mass is 16.2. The first-order valence-electron chi connectivity index (χ1n) is 10.2. The van der Waals surface area contributed by atoms with Crippen LogP contribution in [0.3, 0.4) is 0 Å². The lowest BCUT2D eigenvalue weighted by Gasteiger charge is -2.14. The highest BCUT2D eigenvalue weighted by Gasteiger charge is 2.17. The summed E-state index contributed by atoms with van der Waals surface area (Å²) >= 11 is 0. The van der Waals surface area contributed by atoms with Crippen LogP contribution in [0.1, 0.15) is 45.4 Å². The molecule has 0 radical (unpaired) electrons. The predicted octanol–water partition coefficient (Wildman–Crippen LogP) is 3.51. The topological polar surface area (TPSA) is 66.0 Å². The van der Waals surface area contributed by atoms with Crippen molar-refractivity contribution in [3.63, 3.8) is 0 Å². The van der Waals surface area contributed by atoms with E-state index in [1.807, 2.05) is 12.1 Å². The number of hydrogen-bond acceptors (Lipinski definition) is 3. The SMILES string of the molecule is CCCCCCCCn1c(=O)n(-c2ccccc2)c(=O)n(-c2ccccc2)c1=O. The second-order valence-corrected chi connectivity index (χ2v) is 7.11. The predicted molar refractivity (Wildman–Crippen MR) is 115 cm³/mol. The third-order valence-electron chi connectivity index (χ3n) is 4.99. The fourth-order valence-corrected chi connectivity index (χ4v) is 3.42. The standard InChI is InChI=1S/C23H27N3O3/c1-2-3-4-5-6-13-18-24-21(27)25(19-14-9-7-10-15-19)23(29)26(22(24)28)20-16-11-8-12-17-20/h7-12,14-17H,2-6,13,18H2,1H3. The van der Waals surface area contributed by atoms with Crippen LogP contribution in [0.15, 0.2) is 75.0 Å². The van der Waals surface area contributed by atoms with E-state index in [9.17, 15) is 14.4 Å². The molecule has 0 aliphatic rings. The molecule has 1 aromatic heterocycles. The first kappa shape index (κ1) is 20.6. The first-order valence-corrected chi connectivity index (χ1v) is 10.2. The lowest BCUT2D eigenvalue weighted by atomic mass is 10.1. The Bertz CT molecular complexity index is 1020. The van der Waals surface area contributed by atoms with Crippen molar-refractivity contribution >= 4 is 0 Å². The molecule has 3 rings (SSSR count). The van der Waals surface area contributed by atoms with Gasteiger partial charge in [0.1, 0.15) is 0 Å². The van der Waals surface area contributed by atoms with E-state index in [4.69, 9.17) is 0 Å². The van der Waals surface area contributed by atoms with Crippen LogP contribution in [0.4, 0.5) is 0 Å². The third kappa shape index (κ3) is 4.65. The Morgan fingerprint density at radius 2 is 1.03 bits per heavy atom. The average molecular weight is 393 g/mol. The van der Waals surface area contributed by atoms with Crippen molar-refractivity contribution in [1.29, 1.82) is 0 Å². The fraction of sp³-hybridized carbons (Fsp3) is 0.348. The summed E-state index contributed by atoms with van der Waals surface area (Å²) in [6, 6.07) is 17.4. The van der Waals surface area contributed by atoms with E-state index in [-0.39, 0.29) is 0 Å². The van der Waals surface area contributed by atoms with Crippen LogP contribution in [0.25, 0.3) is 11.4 Å². The maximum absolute atomic E-state index is 13.1. The minimum atomic E-state index is -0.656. The molecule has 0 spiro atoms. The van der Waals surface area contributed by atoms with Crippen LogP contribution in [-0.4, -0.2) is 13.7 Å². The third-order valence-corrected chi connectivity index (χ3v) is 4.99. The molecule has 1 heterocycles. The van der Waals surface area contributed by atoms with Gasteiger partial charge in [0.15, 0.2) is 0 Å². The van der Waals surface area contributed by atoms with Crippen LogP contribution in [0.2, 0.25) is 0 Å². The molecule has 3 aromatic rings. The maximum atomic E-state index is 13.1. The molecule has 0 aliphatic heterocycles. The Morgan fingerprint density at radius 3 is 1.52 bits per heavy atom. The number of benzene rings is 2. The van der Waals surface area contributed by atoms with Gasteiger partial charge in [-0.2, -0.15) is 0 Å². The van der Waals surface area contributed by atoms with Gasteiger partial charge in [-0.3, -0.25) is 0 Å². The van der Waals surface area contributed by atoms with Crippen molar-refractivity contribution < 1.29 is 0 Å². The summed E-state index contributed by atoms with van der Waals surface area (Å²) in [5.41, 5.74) is -0.941. The molecule has 2 aromatic carbocycles. The Hall–Kier alpha value is -3.15. The maximum Gasteiger partial charge on any atom is 0.345 e. The Kier molecular flexibility index (Phi) is 7.00. The summed E-state index contributed by atoms with van der Waals surface area (Å²) in [6.07, 6.45) is 6.27. The minimum absolute atomic E-state index is 0.295. The van der Waals surface area contributed by atoms with Gasteiger partial charge in [0.05, 0.1) is 11.4 Å². The van der Waals surface area contributed by atoms with E-state index in [1.54, 1.807) is 48.5 Å². The molecule has 0 amide bonds. The fourth-order valence-electron chi connectivity index (χ4n) is 3.42. The van der Waals surface area contributed by atoms with E-state index in [1.165, 1.54) is 17.4 Å². The summed E-state index contributed by atoms with van der Waals surface area (Å²) in [6.45, 7) is 2.46. The summed E-state index contributed by atoms with van der Waals surface area (Å²) in [5.74, 6) is 0. The lowest BCUT2D eigenvalue weighted by Crippen LogP contribution is -2.53. The molecule has 6 nitrogen and oxygen atoms in total. The molecule has 0 fully saturated rings. The molecule has 0 unspecified atom stereocenters. The molecule has 0 atom stereocenters. The van der Waals surface area contributed by atoms with Crippen molar-refractivity contribution in [3.8, 4) is 11.4 Å². The smallest absolute Gasteiger partial charge is 0.247 e. The van der Waals surface area contributed by atoms with E-state index in [0.717, 1.165) is 34.8 Å². The zero-order chi connectivity index (χ0) is 20.6. The van der Waals surface area contributed by atoms with Gasteiger partial charge in [-0.05, 0) is 30.7 Å².